The molecule has 0 saturated heterocycles. The van der Waals surface area contributed by atoms with Crippen LogP contribution in [0.5, 0.6) is 0 Å². The summed E-state index contributed by atoms with van der Waals surface area (Å²) in [6, 6.07) is 9.51. The number of hydrogen-bond acceptors (Lipinski definition) is 4. The molecule has 0 heterocycles. The molecule has 1 amide bonds. The third kappa shape index (κ3) is 4.04. The summed E-state index contributed by atoms with van der Waals surface area (Å²) in [5.41, 5.74) is 0.333. The zero-order valence-corrected chi connectivity index (χ0v) is 12.5. The maximum absolute atomic E-state index is 12.1. The van der Waals surface area contributed by atoms with Crippen LogP contribution in [-0.2, 0) is 20.9 Å². The SMILES string of the molecule is CCOC(=O)C1(NC(=O)[C@H](C)NCc2ccccc2)CC1. The van der Waals surface area contributed by atoms with Crippen molar-refractivity contribution in [3.8, 4) is 0 Å². The zero-order valence-electron chi connectivity index (χ0n) is 12.5. The van der Waals surface area contributed by atoms with E-state index in [2.05, 4.69) is 10.6 Å². The van der Waals surface area contributed by atoms with Crippen LogP contribution in [-0.4, -0.2) is 30.1 Å². The van der Waals surface area contributed by atoms with Crippen molar-refractivity contribution in [3.63, 3.8) is 0 Å². The number of nitrogens with one attached hydrogen (secondary N) is 2. The van der Waals surface area contributed by atoms with Crippen LogP contribution in [0.15, 0.2) is 30.3 Å². The Bertz CT molecular complexity index is 498. The molecule has 0 spiro atoms. The Morgan fingerprint density at radius 2 is 1.95 bits per heavy atom. The molecule has 1 aliphatic rings. The number of carbonyl (C=O) groups is 2. The van der Waals surface area contributed by atoms with E-state index in [0.717, 1.165) is 5.56 Å². The number of carbonyl (C=O) groups excluding carboxylic acids is 2. The topological polar surface area (TPSA) is 67.4 Å². The van der Waals surface area contributed by atoms with Crippen LogP contribution in [0.1, 0.15) is 32.3 Å². The predicted molar refractivity (Wildman–Crippen MR) is 79.5 cm³/mol. The largest absolute Gasteiger partial charge is 0.464 e. The van der Waals surface area contributed by atoms with E-state index in [0.29, 0.717) is 26.0 Å². The van der Waals surface area contributed by atoms with Crippen LogP contribution in [0.2, 0.25) is 0 Å². The summed E-state index contributed by atoms with van der Waals surface area (Å²) in [5.74, 6) is -0.495. The molecular formula is C16H22N2O3. The van der Waals surface area contributed by atoms with Gasteiger partial charge in [0.15, 0.2) is 0 Å². The fourth-order valence-electron chi connectivity index (χ4n) is 2.08. The highest BCUT2D eigenvalue weighted by Crippen LogP contribution is 2.36. The lowest BCUT2D eigenvalue weighted by atomic mass is 10.2. The average Bonchev–Trinajstić information content (AvgIpc) is 3.27. The average molecular weight is 290 g/mol. The van der Waals surface area contributed by atoms with Gasteiger partial charge < -0.3 is 15.4 Å². The minimum absolute atomic E-state index is 0.170. The van der Waals surface area contributed by atoms with Crippen molar-refractivity contribution >= 4 is 11.9 Å². The molecule has 0 radical (unpaired) electrons. The molecule has 1 aliphatic carbocycles. The van der Waals surface area contributed by atoms with Crippen molar-refractivity contribution < 1.29 is 14.3 Å². The number of rotatable bonds is 7. The molecule has 1 aromatic carbocycles. The number of ether oxygens (including phenoxy) is 1. The minimum atomic E-state index is -0.782. The summed E-state index contributed by atoms with van der Waals surface area (Å²) in [4.78, 5) is 24.0. The molecule has 1 saturated carbocycles. The maximum Gasteiger partial charge on any atom is 0.331 e. The molecule has 114 valence electrons. The summed E-state index contributed by atoms with van der Waals surface area (Å²) in [5, 5.41) is 5.97. The van der Waals surface area contributed by atoms with Crippen LogP contribution in [0, 0.1) is 0 Å². The molecule has 1 atom stereocenters. The van der Waals surface area contributed by atoms with Crippen LogP contribution in [0.3, 0.4) is 0 Å². The van der Waals surface area contributed by atoms with Gasteiger partial charge >= 0.3 is 5.97 Å². The molecule has 1 fully saturated rings. The summed E-state index contributed by atoms with van der Waals surface area (Å²) in [6.07, 6.45) is 1.31. The molecule has 0 aliphatic heterocycles. The standard InChI is InChI=1S/C16H22N2O3/c1-3-21-15(20)16(9-10-16)18-14(19)12(2)17-11-13-7-5-4-6-8-13/h4-8,12,17H,3,9-11H2,1-2H3,(H,18,19)/t12-/m0/s1. The van der Waals surface area contributed by atoms with Crippen molar-refractivity contribution in [3.05, 3.63) is 35.9 Å². The molecule has 5 nitrogen and oxygen atoms in total. The third-order valence-corrected chi connectivity index (χ3v) is 3.63. The maximum atomic E-state index is 12.1. The first-order chi connectivity index (χ1) is 10.1. The van der Waals surface area contributed by atoms with Crippen molar-refractivity contribution in [1.29, 1.82) is 0 Å². The molecule has 1 aromatic rings. The minimum Gasteiger partial charge on any atom is -0.464 e. The van der Waals surface area contributed by atoms with Gasteiger partial charge in [-0.2, -0.15) is 0 Å². The van der Waals surface area contributed by atoms with Gasteiger partial charge in [0.25, 0.3) is 0 Å². The summed E-state index contributed by atoms with van der Waals surface area (Å²) in [7, 11) is 0. The Kier molecular flexibility index (Phi) is 4.96. The monoisotopic (exact) mass is 290 g/mol. The van der Waals surface area contributed by atoms with E-state index in [4.69, 9.17) is 4.74 Å². The molecule has 21 heavy (non-hydrogen) atoms. The smallest absolute Gasteiger partial charge is 0.331 e. The number of benzene rings is 1. The zero-order chi connectivity index (χ0) is 15.3. The Morgan fingerprint density at radius 1 is 1.29 bits per heavy atom. The fourth-order valence-corrected chi connectivity index (χ4v) is 2.08. The van der Waals surface area contributed by atoms with Gasteiger partial charge in [0.2, 0.25) is 5.91 Å². The number of hydrogen-bond donors (Lipinski definition) is 2. The second-order valence-corrected chi connectivity index (χ2v) is 5.38. The highest BCUT2D eigenvalue weighted by atomic mass is 16.5. The predicted octanol–water partition coefficient (Wildman–Crippen LogP) is 1.38. The van der Waals surface area contributed by atoms with E-state index in [1.807, 2.05) is 30.3 Å². The highest BCUT2D eigenvalue weighted by molar-refractivity contribution is 5.92. The molecule has 0 unspecified atom stereocenters. The normalized spacial score (nSPS) is 16.9. The lowest BCUT2D eigenvalue weighted by Gasteiger charge is -2.19. The lowest BCUT2D eigenvalue weighted by molar-refractivity contribution is -0.149. The van der Waals surface area contributed by atoms with Crippen molar-refractivity contribution in [2.24, 2.45) is 0 Å². The first-order valence-corrected chi connectivity index (χ1v) is 7.34. The van der Waals surface area contributed by atoms with Crippen LogP contribution in [0.4, 0.5) is 0 Å². The van der Waals surface area contributed by atoms with Gasteiger partial charge in [0.05, 0.1) is 12.6 Å². The van der Waals surface area contributed by atoms with E-state index >= 15 is 0 Å². The number of esters is 1. The Morgan fingerprint density at radius 3 is 2.52 bits per heavy atom. The van der Waals surface area contributed by atoms with Gasteiger partial charge in [0.1, 0.15) is 5.54 Å². The Labute approximate surface area is 125 Å². The Hall–Kier alpha value is -1.88. The van der Waals surface area contributed by atoms with E-state index in [-0.39, 0.29) is 17.9 Å². The molecule has 0 aromatic heterocycles. The van der Waals surface area contributed by atoms with Gasteiger partial charge in [-0.25, -0.2) is 4.79 Å². The van der Waals surface area contributed by atoms with Crippen LogP contribution < -0.4 is 10.6 Å². The van der Waals surface area contributed by atoms with Gasteiger partial charge in [-0.15, -0.1) is 0 Å². The Balaban J connectivity index is 1.81. The van der Waals surface area contributed by atoms with Crippen molar-refractivity contribution in [2.75, 3.05) is 6.61 Å². The van der Waals surface area contributed by atoms with E-state index in [1.54, 1.807) is 13.8 Å². The van der Waals surface area contributed by atoms with E-state index < -0.39 is 5.54 Å². The van der Waals surface area contributed by atoms with Gasteiger partial charge in [0, 0.05) is 6.54 Å². The van der Waals surface area contributed by atoms with Crippen molar-refractivity contribution in [2.45, 2.75) is 44.8 Å². The van der Waals surface area contributed by atoms with Crippen molar-refractivity contribution in [1.82, 2.24) is 10.6 Å². The first-order valence-electron chi connectivity index (χ1n) is 7.34. The summed E-state index contributed by atoms with van der Waals surface area (Å²) >= 11 is 0. The second kappa shape index (κ2) is 6.72. The molecular weight excluding hydrogens is 268 g/mol. The van der Waals surface area contributed by atoms with Crippen LogP contribution >= 0.6 is 0 Å². The van der Waals surface area contributed by atoms with E-state index in [1.165, 1.54) is 0 Å². The quantitative estimate of drug-likeness (QED) is 0.744. The summed E-state index contributed by atoms with van der Waals surface area (Å²) in [6.45, 7) is 4.50. The van der Waals surface area contributed by atoms with Gasteiger partial charge in [-0.1, -0.05) is 30.3 Å². The third-order valence-electron chi connectivity index (χ3n) is 3.63. The molecule has 2 rings (SSSR count). The highest BCUT2D eigenvalue weighted by Gasteiger charge is 2.53. The first kappa shape index (κ1) is 15.5. The summed E-state index contributed by atoms with van der Waals surface area (Å²) < 4.78 is 5.01. The van der Waals surface area contributed by atoms with Gasteiger partial charge in [-0.3, -0.25) is 4.79 Å². The fraction of sp³-hybridized carbons (Fsp3) is 0.500. The second-order valence-electron chi connectivity index (χ2n) is 5.38. The molecule has 0 bridgehead atoms. The number of amides is 1. The van der Waals surface area contributed by atoms with Gasteiger partial charge in [-0.05, 0) is 32.3 Å². The van der Waals surface area contributed by atoms with E-state index in [9.17, 15) is 9.59 Å². The van der Waals surface area contributed by atoms with Crippen LogP contribution in [0.25, 0.3) is 0 Å². The molecule has 2 N–H and O–H groups in total. The lowest BCUT2D eigenvalue weighted by Crippen LogP contribution is -2.50. The molecule has 5 heteroatoms.